The van der Waals surface area contributed by atoms with Gasteiger partial charge in [-0.25, -0.2) is 4.98 Å². The van der Waals surface area contributed by atoms with Crippen LogP contribution >= 0.6 is 22.7 Å². The summed E-state index contributed by atoms with van der Waals surface area (Å²) in [6, 6.07) is 4.35. The maximum atomic E-state index is 10.5. The molecule has 1 saturated heterocycles. The van der Waals surface area contributed by atoms with Gasteiger partial charge in [0.05, 0.1) is 10.9 Å². The molecule has 1 aliphatic rings. The standard InChI is InChI=1S/C14H16N4OS2/c19-13-12(21-14-15-9-16-18(13)14)11(10-5-4-8-20-10)17-6-2-1-3-7-17/h4-5,8-9,11,19H,1-3,6-7H2/t11-/m1/s1. The van der Waals surface area contributed by atoms with Gasteiger partial charge in [-0.3, -0.25) is 4.90 Å². The van der Waals surface area contributed by atoms with E-state index in [9.17, 15) is 5.11 Å². The predicted molar refractivity (Wildman–Crippen MR) is 84.1 cm³/mol. The predicted octanol–water partition coefficient (Wildman–Crippen LogP) is 3.13. The van der Waals surface area contributed by atoms with Crippen molar-refractivity contribution in [1.82, 2.24) is 19.5 Å². The van der Waals surface area contributed by atoms with E-state index in [0.29, 0.717) is 0 Å². The third-order valence-corrected chi connectivity index (χ3v) is 5.97. The van der Waals surface area contributed by atoms with Crippen LogP contribution in [0.15, 0.2) is 23.8 Å². The number of hydrogen-bond acceptors (Lipinski definition) is 6. The molecular weight excluding hydrogens is 304 g/mol. The van der Waals surface area contributed by atoms with Crippen LogP contribution in [0.3, 0.4) is 0 Å². The fraction of sp³-hybridized carbons (Fsp3) is 0.429. The summed E-state index contributed by atoms with van der Waals surface area (Å²) in [5, 5.41) is 16.7. The minimum Gasteiger partial charge on any atom is -0.492 e. The van der Waals surface area contributed by atoms with E-state index in [0.717, 1.165) is 22.9 Å². The van der Waals surface area contributed by atoms with E-state index < -0.39 is 0 Å². The van der Waals surface area contributed by atoms with Crippen molar-refractivity contribution < 1.29 is 5.11 Å². The van der Waals surface area contributed by atoms with Crippen molar-refractivity contribution in [2.75, 3.05) is 13.1 Å². The summed E-state index contributed by atoms with van der Waals surface area (Å²) in [6.07, 6.45) is 5.23. The zero-order chi connectivity index (χ0) is 14.2. The van der Waals surface area contributed by atoms with Crippen LogP contribution in [0.1, 0.15) is 35.1 Å². The van der Waals surface area contributed by atoms with Crippen molar-refractivity contribution in [1.29, 1.82) is 0 Å². The van der Waals surface area contributed by atoms with Gasteiger partial charge in [0.1, 0.15) is 6.33 Å². The van der Waals surface area contributed by atoms with Crippen LogP contribution in [-0.2, 0) is 0 Å². The van der Waals surface area contributed by atoms with Gasteiger partial charge in [-0.2, -0.15) is 9.61 Å². The van der Waals surface area contributed by atoms with E-state index in [4.69, 9.17) is 0 Å². The number of thiazole rings is 1. The Balaban J connectivity index is 1.81. The average Bonchev–Trinajstić information content (AvgIpc) is 3.22. The van der Waals surface area contributed by atoms with E-state index >= 15 is 0 Å². The molecule has 0 saturated carbocycles. The van der Waals surface area contributed by atoms with E-state index in [1.165, 1.54) is 46.3 Å². The quantitative estimate of drug-likeness (QED) is 0.805. The van der Waals surface area contributed by atoms with Gasteiger partial charge in [-0.05, 0) is 37.4 Å². The SMILES string of the molecule is Oc1c([C@@H](c2cccs2)N2CCCCC2)sc2ncnn12. The molecule has 3 aromatic heterocycles. The minimum atomic E-state index is 0.124. The number of hydrogen-bond donors (Lipinski definition) is 1. The third kappa shape index (κ3) is 2.25. The molecule has 21 heavy (non-hydrogen) atoms. The van der Waals surface area contributed by atoms with E-state index in [2.05, 4.69) is 32.5 Å². The molecule has 7 heteroatoms. The zero-order valence-corrected chi connectivity index (χ0v) is 13.1. The number of aromatic nitrogens is 3. The highest BCUT2D eigenvalue weighted by Gasteiger charge is 2.30. The van der Waals surface area contributed by atoms with Crippen molar-refractivity contribution in [3.63, 3.8) is 0 Å². The summed E-state index contributed by atoms with van der Waals surface area (Å²) in [5.41, 5.74) is 0. The second-order valence-electron chi connectivity index (χ2n) is 5.26. The number of likely N-dealkylation sites (tertiary alicyclic amines) is 1. The van der Waals surface area contributed by atoms with Crippen LogP contribution in [0.25, 0.3) is 4.96 Å². The number of thiophene rings is 1. The summed E-state index contributed by atoms with van der Waals surface area (Å²) in [6.45, 7) is 2.16. The van der Waals surface area contributed by atoms with Gasteiger partial charge in [0, 0.05) is 4.88 Å². The first kappa shape index (κ1) is 13.2. The maximum absolute atomic E-state index is 10.5. The highest BCUT2D eigenvalue weighted by Crippen LogP contribution is 2.41. The third-order valence-electron chi connectivity index (χ3n) is 3.96. The van der Waals surface area contributed by atoms with Crippen molar-refractivity contribution in [3.05, 3.63) is 33.6 Å². The Morgan fingerprint density at radius 2 is 2.10 bits per heavy atom. The number of nitrogens with zero attached hydrogens (tertiary/aromatic N) is 4. The lowest BCUT2D eigenvalue weighted by Crippen LogP contribution is -2.33. The number of rotatable bonds is 3. The number of aromatic hydroxyl groups is 1. The van der Waals surface area contributed by atoms with E-state index in [1.807, 2.05) is 0 Å². The molecule has 1 aliphatic heterocycles. The molecule has 0 aliphatic carbocycles. The lowest BCUT2D eigenvalue weighted by molar-refractivity contribution is 0.188. The molecule has 0 bridgehead atoms. The van der Waals surface area contributed by atoms with Crippen molar-refractivity contribution >= 4 is 27.6 Å². The Kier molecular flexibility index (Phi) is 3.40. The molecule has 5 nitrogen and oxygen atoms in total. The summed E-state index contributed by atoms with van der Waals surface area (Å²) in [4.78, 5) is 9.66. The van der Waals surface area contributed by atoms with Crippen LogP contribution in [-0.4, -0.2) is 37.7 Å². The summed E-state index contributed by atoms with van der Waals surface area (Å²) >= 11 is 3.28. The van der Waals surface area contributed by atoms with Gasteiger partial charge in [0.2, 0.25) is 10.8 Å². The average molecular weight is 320 g/mol. The second-order valence-corrected chi connectivity index (χ2v) is 7.25. The van der Waals surface area contributed by atoms with Crippen molar-refractivity contribution in [2.45, 2.75) is 25.3 Å². The first-order chi connectivity index (χ1) is 10.3. The van der Waals surface area contributed by atoms with E-state index in [1.54, 1.807) is 11.3 Å². The van der Waals surface area contributed by atoms with Gasteiger partial charge in [-0.15, -0.1) is 11.3 Å². The Hall–Kier alpha value is -1.44. The minimum absolute atomic E-state index is 0.124. The van der Waals surface area contributed by atoms with Crippen LogP contribution in [0, 0.1) is 0 Å². The molecule has 0 amide bonds. The van der Waals surface area contributed by atoms with Gasteiger partial charge < -0.3 is 5.11 Å². The molecule has 110 valence electrons. The first-order valence-corrected chi connectivity index (χ1v) is 8.83. The lowest BCUT2D eigenvalue weighted by atomic mass is 10.1. The Bertz CT molecular complexity index is 727. The summed E-state index contributed by atoms with van der Waals surface area (Å²) in [7, 11) is 0. The van der Waals surface area contributed by atoms with Gasteiger partial charge in [-0.1, -0.05) is 23.8 Å². The monoisotopic (exact) mass is 320 g/mol. The van der Waals surface area contributed by atoms with Crippen LogP contribution in [0.5, 0.6) is 5.88 Å². The fourth-order valence-electron chi connectivity index (χ4n) is 2.97. The first-order valence-electron chi connectivity index (χ1n) is 7.13. The summed E-state index contributed by atoms with van der Waals surface area (Å²) < 4.78 is 1.53. The highest BCUT2D eigenvalue weighted by molar-refractivity contribution is 7.17. The Morgan fingerprint density at radius 1 is 1.24 bits per heavy atom. The smallest absolute Gasteiger partial charge is 0.230 e. The van der Waals surface area contributed by atoms with Crippen molar-refractivity contribution in [2.24, 2.45) is 0 Å². The molecule has 1 atom stereocenters. The molecule has 1 N–H and O–H groups in total. The molecule has 0 spiro atoms. The highest BCUT2D eigenvalue weighted by atomic mass is 32.1. The Morgan fingerprint density at radius 3 is 2.81 bits per heavy atom. The van der Waals surface area contributed by atoms with Crippen LogP contribution in [0.2, 0.25) is 0 Å². The normalized spacial score (nSPS) is 18.3. The molecule has 1 fully saturated rings. The molecule has 4 heterocycles. The second kappa shape index (κ2) is 5.40. The number of fused-ring (bicyclic) bond motifs is 1. The molecule has 4 rings (SSSR count). The van der Waals surface area contributed by atoms with Crippen LogP contribution < -0.4 is 0 Å². The largest absolute Gasteiger partial charge is 0.492 e. The molecule has 0 radical (unpaired) electrons. The molecular formula is C14H16N4OS2. The van der Waals surface area contributed by atoms with Crippen molar-refractivity contribution in [3.8, 4) is 5.88 Å². The molecule has 0 aromatic carbocycles. The molecule has 0 unspecified atom stereocenters. The maximum Gasteiger partial charge on any atom is 0.230 e. The fourth-order valence-corrected chi connectivity index (χ4v) is 4.99. The van der Waals surface area contributed by atoms with Gasteiger partial charge >= 0.3 is 0 Å². The Labute approximate surface area is 130 Å². The zero-order valence-electron chi connectivity index (χ0n) is 11.5. The van der Waals surface area contributed by atoms with Crippen LogP contribution in [0.4, 0.5) is 0 Å². The van der Waals surface area contributed by atoms with Gasteiger partial charge in [0.15, 0.2) is 0 Å². The summed E-state index contributed by atoms with van der Waals surface area (Å²) in [5.74, 6) is 0.233. The van der Waals surface area contributed by atoms with E-state index in [-0.39, 0.29) is 11.9 Å². The molecule has 3 aromatic rings. The van der Waals surface area contributed by atoms with Gasteiger partial charge in [0.25, 0.3) is 0 Å². The lowest BCUT2D eigenvalue weighted by Gasteiger charge is -2.33. The number of piperidine rings is 1. The topological polar surface area (TPSA) is 53.7 Å².